The highest BCUT2D eigenvalue weighted by atomic mass is 79.9. The van der Waals surface area contributed by atoms with E-state index < -0.39 is 0 Å². The summed E-state index contributed by atoms with van der Waals surface area (Å²) in [5, 5.41) is 5.97. The van der Waals surface area contributed by atoms with Crippen LogP contribution in [-0.4, -0.2) is 4.98 Å². The molecule has 20 heavy (non-hydrogen) atoms. The molecule has 3 rings (SSSR count). The monoisotopic (exact) mass is 326 g/mol. The second-order valence-corrected chi connectivity index (χ2v) is 5.62. The molecule has 0 aliphatic carbocycles. The Morgan fingerprint density at radius 2 is 1.70 bits per heavy atom. The van der Waals surface area contributed by atoms with Gasteiger partial charge in [-0.15, -0.1) is 0 Å². The molecule has 0 aliphatic rings. The van der Waals surface area contributed by atoms with Gasteiger partial charge in [0.1, 0.15) is 0 Å². The molecule has 0 fully saturated rings. The summed E-state index contributed by atoms with van der Waals surface area (Å²) in [6, 6.07) is 18.7. The lowest BCUT2D eigenvalue weighted by Gasteiger charge is -2.17. The summed E-state index contributed by atoms with van der Waals surface area (Å²) in [5.41, 5.74) is 2.17. The second kappa shape index (κ2) is 5.63. The number of hydrogen-bond acceptors (Lipinski definition) is 2. The predicted octanol–water partition coefficient (Wildman–Crippen LogP) is 5.17. The van der Waals surface area contributed by atoms with E-state index in [1.807, 2.05) is 24.4 Å². The molecule has 1 aromatic heterocycles. The minimum Gasteiger partial charge on any atom is -0.376 e. The zero-order valence-electron chi connectivity index (χ0n) is 11.2. The Labute approximate surface area is 127 Å². The molecular formula is C17H15BrN2. The third-order valence-corrected chi connectivity index (χ3v) is 4.07. The van der Waals surface area contributed by atoms with Crippen molar-refractivity contribution < 1.29 is 0 Å². The number of aromatic nitrogens is 1. The third kappa shape index (κ3) is 2.54. The number of fused-ring (bicyclic) bond motifs is 1. The van der Waals surface area contributed by atoms with Gasteiger partial charge >= 0.3 is 0 Å². The van der Waals surface area contributed by atoms with E-state index in [4.69, 9.17) is 0 Å². The van der Waals surface area contributed by atoms with Crippen LogP contribution in [0, 0.1) is 0 Å². The van der Waals surface area contributed by atoms with Gasteiger partial charge in [0.15, 0.2) is 0 Å². The van der Waals surface area contributed by atoms with Crippen molar-refractivity contribution in [2.75, 3.05) is 5.32 Å². The fourth-order valence-corrected chi connectivity index (χ4v) is 2.81. The highest BCUT2D eigenvalue weighted by Gasteiger charge is 2.09. The van der Waals surface area contributed by atoms with E-state index >= 15 is 0 Å². The third-order valence-electron chi connectivity index (χ3n) is 3.37. The fraction of sp³-hybridized carbons (Fsp3) is 0.118. The lowest BCUT2D eigenvalue weighted by molar-refractivity contribution is 0.841. The molecule has 1 N–H and O–H groups in total. The number of hydrogen-bond donors (Lipinski definition) is 1. The van der Waals surface area contributed by atoms with Gasteiger partial charge in [0.25, 0.3) is 0 Å². The number of nitrogens with one attached hydrogen (secondary N) is 1. The maximum absolute atomic E-state index is 4.40. The number of anilines is 1. The number of rotatable bonds is 3. The Bertz CT molecular complexity index is 725. The lowest BCUT2D eigenvalue weighted by atomic mass is 10.1. The molecule has 3 heteroatoms. The Kier molecular flexibility index (Phi) is 3.70. The summed E-state index contributed by atoms with van der Waals surface area (Å²) in [5.74, 6) is 0. The smallest absolute Gasteiger partial charge is 0.0657 e. The number of benzene rings is 2. The minimum atomic E-state index is 0.167. The van der Waals surface area contributed by atoms with Crippen molar-refractivity contribution in [2.45, 2.75) is 13.0 Å². The molecule has 0 spiro atoms. The molecular weight excluding hydrogens is 312 g/mol. The first-order chi connectivity index (χ1) is 9.75. The van der Waals surface area contributed by atoms with Gasteiger partial charge in [-0.1, -0.05) is 46.3 Å². The fourth-order valence-electron chi connectivity index (χ4n) is 2.33. The van der Waals surface area contributed by atoms with Gasteiger partial charge in [0.05, 0.1) is 11.7 Å². The van der Waals surface area contributed by atoms with Crippen molar-refractivity contribution in [3.05, 3.63) is 71.0 Å². The van der Waals surface area contributed by atoms with E-state index in [1.54, 1.807) is 0 Å². The van der Waals surface area contributed by atoms with Crippen molar-refractivity contribution in [3.63, 3.8) is 0 Å². The van der Waals surface area contributed by atoms with Gasteiger partial charge in [-0.05, 0) is 36.6 Å². The molecule has 2 nitrogen and oxygen atoms in total. The summed E-state index contributed by atoms with van der Waals surface area (Å²) < 4.78 is 1.11. The first-order valence-corrected chi connectivity index (χ1v) is 7.40. The van der Waals surface area contributed by atoms with E-state index in [-0.39, 0.29) is 6.04 Å². The van der Waals surface area contributed by atoms with Gasteiger partial charge in [-0.2, -0.15) is 0 Å². The largest absolute Gasteiger partial charge is 0.376 e. The molecule has 1 atom stereocenters. The molecule has 0 bridgehead atoms. The second-order valence-electron chi connectivity index (χ2n) is 4.76. The lowest BCUT2D eigenvalue weighted by Crippen LogP contribution is -2.08. The summed E-state index contributed by atoms with van der Waals surface area (Å²) in [7, 11) is 0. The van der Waals surface area contributed by atoms with Gasteiger partial charge in [-0.3, -0.25) is 4.98 Å². The number of nitrogens with zero attached hydrogens (tertiary/aromatic N) is 1. The average molecular weight is 327 g/mol. The Hall–Kier alpha value is -1.87. The first kappa shape index (κ1) is 13.1. The highest BCUT2D eigenvalue weighted by Crippen LogP contribution is 2.31. The molecule has 0 radical (unpaired) electrons. The summed E-state index contributed by atoms with van der Waals surface area (Å²) in [4.78, 5) is 4.40. The van der Waals surface area contributed by atoms with E-state index in [2.05, 4.69) is 69.6 Å². The topological polar surface area (TPSA) is 24.9 Å². The van der Waals surface area contributed by atoms with Gasteiger partial charge in [-0.25, -0.2) is 0 Å². The Balaban J connectivity index is 1.97. The van der Waals surface area contributed by atoms with Crippen LogP contribution in [0.25, 0.3) is 10.8 Å². The standard InChI is InChI=1S/C17H15BrN2/c1-12(16-8-4-5-11-19-16)20-17-10-9-15(18)13-6-2-3-7-14(13)17/h2-12,20H,1H3. The molecule has 0 saturated carbocycles. The van der Waals surface area contributed by atoms with E-state index in [0.29, 0.717) is 0 Å². The van der Waals surface area contributed by atoms with Crippen LogP contribution in [0.15, 0.2) is 65.3 Å². The molecule has 0 aliphatic heterocycles. The number of halogens is 1. The molecule has 0 saturated heterocycles. The molecule has 3 aromatic rings. The van der Waals surface area contributed by atoms with Crippen LogP contribution in [0.5, 0.6) is 0 Å². The maximum Gasteiger partial charge on any atom is 0.0657 e. The average Bonchev–Trinajstić information content (AvgIpc) is 2.51. The molecule has 2 aromatic carbocycles. The zero-order valence-corrected chi connectivity index (χ0v) is 12.8. The van der Waals surface area contributed by atoms with Crippen LogP contribution in [0.4, 0.5) is 5.69 Å². The van der Waals surface area contributed by atoms with Gasteiger partial charge < -0.3 is 5.32 Å². The molecule has 1 unspecified atom stereocenters. The van der Waals surface area contributed by atoms with E-state index in [1.165, 1.54) is 10.8 Å². The summed E-state index contributed by atoms with van der Waals surface area (Å²) >= 11 is 3.60. The Morgan fingerprint density at radius 1 is 0.950 bits per heavy atom. The summed E-state index contributed by atoms with van der Waals surface area (Å²) in [6.07, 6.45) is 1.83. The minimum absolute atomic E-state index is 0.167. The van der Waals surface area contributed by atoms with Crippen LogP contribution in [0.2, 0.25) is 0 Å². The van der Waals surface area contributed by atoms with Gasteiger partial charge in [0.2, 0.25) is 0 Å². The van der Waals surface area contributed by atoms with Crippen molar-refractivity contribution in [1.29, 1.82) is 0 Å². The Morgan fingerprint density at radius 3 is 2.45 bits per heavy atom. The summed E-state index contributed by atoms with van der Waals surface area (Å²) in [6.45, 7) is 2.12. The van der Waals surface area contributed by atoms with Crippen molar-refractivity contribution in [3.8, 4) is 0 Å². The predicted molar refractivity (Wildman–Crippen MR) is 87.9 cm³/mol. The zero-order chi connectivity index (χ0) is 13.9. The SMILES string of the molecule is CC(Nc1ccc(Br)c2ccccc12)c1ccccn1. The van der Waals surface area contributed by atoms with E-state index in [0.717, 1.165) is 15.9 Å². The van der Waals surface area contributed by atoms with Crippen LogP contribution in [0.1, 0.15) is 18.7 Å². The van der Waals surface area contributed by atoms with Crippen molar-refractivity contribution in [1.82, 2.24) is 4.98 Å². The van der Waals surface area contributed by atoms with Crippen LogP contribution >= 0.6 is 15.9 Å². The first-order valence-electron chi connectivity index (χ1n) is 6.60. The maximum atomic E-state index is 4.40. The van der Waals surface area contributed by atoms with E-state index in [9.17, 15) is 0 Å². The number of pyridine rings is 1. The normalized spacial score (nSPS) is 12.3. The van der Waals surface area contributed by atoms with Crippen LogP contribution in [0.3, 0.4) is 0 Å². The molecule has 100 valence electrons. The molecule has 1 heterocycles. The van der Waals surface area contributed by atoms with Crippen LogP contribution < -0.4 is 5.32 Å². The van der Waals surface area contributed by atoms with Crippen LogP contribution in [-0.2, 0) is 0 Å². The van der Waals surface area contributed by atoms with Crippen molar-refractivity contribution >= 4 is 32.4 Å². The van der Waals surface area contributed by atoms with Gasteiger partial charge in [0, 0.05) is 21.7 Å². The van der Waals surface area contributed by atoms with Crippen molar-refractivity contribution in [2.24, 2.45) is 0 Å². The highest BCUT2D eigenvalue weighted by molar-refractivity contribution is 9.10. The molecule has 0 amide bonds. The quantitative estimate of drug-likeness (QED) is 0.718.